The van der Waals surface area contributed by atoms with E-state index in [9.17, 15) is 4.79 Å². The van der Waals surface area contributed by atoms with Gasteiger partial charge in [-0.1, -0.05) is 40.0 Å². The summed E-state index contributed by atoms with van der Waals surface area (Å²) in [7, 11) is 0. The number of likely N-dealkylation sites (tertiary alicyclic amines) is 1. The van der Waals surface area contributed by atoms with E-state index in [1.165, 1.54) is 0 Å². The summed E-state index contributed by atoms with van der Waals surface area (Å²) in [6, 6.07) is 0. The molecule has 1 rings (SSSR count). The van der Waals surface area contributed by atoms with Gasteiger partial charge in [-0.15, -0.1) is 0 Å². The van der Waals surface area contributed by atoms with Crippen LogP contribution >= 0.6 is 0 Å². The zero-order chi connectivity index (χ0) is 12.9. The highest BCUT2D eigenvalue weighted by atomic mass is 16.2. The van der Waals surface area contributed by atoms with Crippen molar-refractivity contribution < 1.29 is 4.79 Å². The molecule has 0 bridgehead atoms. The number of carbonyl (C=O) groups excluding carboxylic acids is 1. The average Bonchev–Trinajstić information content (AvgIpc) is 2.25. The van der Waals surface area contributed by atoms with Crippen LogP contribution in [0.15, 0.2) is 0 Å². The maximum absolute atomic E-state index is 12.3. The second kappa shape index (κ2) is 6.39. The lowest BCUT2D eigenvalue weighted by Gasteiger charge is -2.49. The SMILES string of the molecule is CCCC(CCC)C(=O)N1CC(N)(CCC)C1. The summed E-state index contributed by atoms with van der Waals surface area (Å²) in [6.07, 6.45) is 6.36. The molecule has 0 aromatic carbocycles. The Balaban J connectivity index is 2.43. The largest absolute Gasteiger partial charge is 0.339 e. The Kier molecular flexibility index (Phi) is 5.44. The van der Waals surface area contributed by atoms with Gasteiger partial charge in [0.1, 0.15) is 0 Å². The molecule has 1 aliphatic rings. The number of carbonyl (C=O) groups is 1. The van der Waals surface area contributed by atoms with E-state index in [1.54, 1.807) is 0 Å². The maximum Gasteiger partial charge on any atom is 0.225 e. The lowest BCUT2D eigenvalue weighted by Crippen LogP contribution is -2.69. The van der Waals surface area contributed by atoms with Crippen molar-refractivity contribution in [1.82, 2.24) is 4.90 Å². The van der Waals surface area contributed by atoms with Crippen molar-refractivity contribution >= 4 is 5.91 Å². The predicted octanol–water partition coefficient (Wildman–Crippen LogP) is 2.54. The Morgan fingerprint density at radius 2 is 1.71 bits per heavy atom. The van der Waals surface area contributed by atoms with Crippen molar-refractivity contribution in [3.05, 3.63) is 0 Å². The van der Waals surface area contributed by atoms with E-state index in [0.717, 1.165) is 51.6 Å². The third kappa shape index (κ3) is 3.70. The van der Waals surface area contributed by atoms with Gasteiger partial charge in [0.25, 0.3) is 0 Å². The smallest absolute Gasteiger partial charge is 0.225 e. The summed E-state index contributed by atoms with van der Waals surface area (Å²) in [4.78, 5) is 14.2. The van der Waals surface area contributed by atoms with E-state index in [-0.39, 0.29) is 11.5 Å². The van der Waals surface area contributed by atoms with Crippen LogP contribution < -0.4 is 5.73 Å². The molecular weight excluding hydrogens is 212 g/mol. The first-order valence-electron chi connectivity index (χ1n) is 7.14. The van der Waals surface area contributed by atoms with E-state index in [1.807, 2.05) is 4.90 Å². The maximum atomic E-state index is 12.3. The molecule has 0 aromatic heterocycles. The molecule has 3 nitrogen and oxygen atoms in total. The zero-order valence-electron chi connectivity index (χ0n) is 11.7. The summed E-state index contributed by atoms with van der Waals surface area (Å²) < 4.78 is 0. The number of hydrogen-bond acceptors (Lipinski definition) is 2. The topological polar surface area (TPSA) is 46.3 Å². The molecule has 2 N–H and O–H groups in total. The van der Waals surface area contributed by atoms with Crippen molar-refractivity contribution in [2.75, 3.05) is 13.1 Å². The highest BCUT2D eigenvalue weighted by Crippen LogP contribution is 2.27. The number of nitrogens with two attached hydrogens (primary N) is 1. The molecule has 3 heteroatoms. The number of rotatable bonds is 7. The van der Waals surface area contributed by atoms with Gasteiger partial charge in [-0.3, -0.25) is 4.79 Å². The van der Waals surface area contributed by atoms with E-state index >= 15 is 0 Å². The molecule has 1 saturated heterocycles. The Labute approximate surface area is 106 Å². The molecule has 0 atom stereocenters. The molecule has 0 unspecified atom stereocenters. The lowest BCUT2D eigenvalue weighted by atomic mass is 9.84. The molecule has 0 spiro atoms. The van der Waals surface area contributed by atoms with E-state index in [2.05, 4.69) is 20.8 Å². The molecule has 1 fully saturated rings. The van der Waals surface area contributed by atoms with Gasteiger partial charge in [0.2, 0.25) is 5.91 Å². The van der Waals surface area contributed by atoms with E-state index < -0.39 is 0 Å². The van der Waals surface area contributed by atoms with E-state index in [0.29, 0.717) is 5.91 Å². The fourth-order valence-corrected chi connectivity index (χ4v) is 2.87. The molecule has 1 heterocycles. The summed E-state index contributed by atoms with van der Waals surface area (Å²) in [6.45, 7) is 7.98. The summed E-state index contributed by atoms with van der Waals surface area (Å²) in [5.74, 6) is 0.571. The van der Waals surface area contributed by atoms with Crippen LogP contribution in [0, 0.1) is 5.92 Å². The summed E-state index contributed by atoms with van der Waals surface area (Å²) in [5.41, 5.74) is 6.11. The fraction of sp³-hybridized carbons (Fsp3) is 0.929. The van der Waals surface area contributed by atoms with Crippen molar-refractivity contribution in [3.8, 4) is 0 Å². The van der Waals surface area contributed by atoms with Crippen molar-refractivity contribution in [2.24, 2.45) is 11.7 Å². The average molecular weight is 240 g/mol. The minimum atomic E-state index is -0.0899. The van der Waals surface area contributed by atoms with Gasteiger partial charge in [-0.05, 0) is 19.3 Å². The third-order valence-corrected chi connectivity index (χ3v) is 3.69. The van der Waals surface area contributed by atoms with Gasteiger partial charge < -0.3 is 10.6 Å². The van der Waals surface area contributed by atoms with Gasteiger partial charge >= 0.3 is 0 Å². The van der Waals surface area contributed by atoms with Crippen LogP contribution in [0.25, 0.3) is 0 Å². The number of amides is 1. The Bertz CT molecular complexity index is 241. The predicted molar refractivity (Wildman–Crippen MR) is 71.7 cm³/mol. The second-order valence-corrected chi connectivity index (χ2v) is 5.58. The Hall–Kier alpha value is -0.570. The van der Waals surface area contributed by atoms with Crippen molar-refractivity contribution in [3.63, 3.8) is 0 Å². The first-order valence-corrected chi connectivity index (χ1v) is 7.14. The lowest BCUT2D eigenvalue weighted by molar-refractivity contribution is -0.144. The molecular formula is C14H28N2O. The third-order valence-electron chi connectivity index (χ3n) is 3.69. The number of hydrogen-bond donors (Lipinski definition) is 1. The molecule has 1 amide bonds. The van der Waals surface area contributed by atoms with Crippen LogP contribution in [0.2, 0.25) is 0 Å². The van der Waals surface area contributed by atoms with Gasteiger partial charge in [0.05, 0.1) is 5.54 Å². The quantitative estimate of drug-likeness (QED) is 0.743. The highest BCUT2D eigenvalue weighted by molar-refractivity contribution is 5.80. The second-order valence-electron chi connectivity index (χ2n) is 5.58. The minimum Gasteiger partial charge on any atom is -0.339 e. The summed E-state index contributed by atoms with van der Waals surface area (Å²) in [5, 5.41) is 0. The molecule has 17 heavy (non-hydrogen) atoms. The first kappa shape index (κ1) is 14.5. The van der Waals surface area contributed by atoms with Crippen LogP contribution in [-0.4, -0.2) is 29.4 Å². The van der Waals surface area contributed by atoms with Crippen LogP contribution in [0.1, 0.15) is 59.3 Å². The first-order chi connectivity index (χ1) is 8.06. The van der Waals surface area contributed by atoms with Crippen molar-refractivity contribution in [1.29, 1.82) is 0 Å². The minimum absolute atomic E-state index is 0.0899. The Morgan fingerprint density at radius 3 is 2.12 bits per heavy atom. The summed E-state index contributed by atoms with van der Waals surface area (Å²) >= 11 is 0. The molecule has 100 valence electrons. The zero-order valence-corrected chi connectivity index (χ0v) is 11.7. The van der Waals surface area contributed by atoms with Gasteiger partial charge in [-0.25, -0.2) is 0 Å². The molecule has 0 aliphatic carbocycles. The van der Waals surface area contributed by atoms with Gasteiger partial charge in [-0.2, -0.15) is 0 Å². The van der Waals surface area contributed by atoms with E-state index in [4.69, 9.17) is 5.73 Å². The standard InChI is InChI=1S/C14H28N2O/c1-4-7-12(8-5-2)13(17)16-10-14(15,11-16)9-6-3/h12H,4-11,15H2,1-3H3. The van der Waals surface area contributed by atoms with Gasteiger partial charge in [0, 0.05) is 19.0 Å². The molecule has 0 aromatic rings. The van der Waals surface area contributed by atoms with Crippen LogP contribution in [0.5, 0.6) is 0 Å². The monoisotopic (exact) mass is 240 g/mol. The van der Waals surface area contributed by atoms with Crippen molar-refractivity contribution in [2.45, 2.75) is 64.8 Å². The normalized spacial score (nSPS) is 18.3. The highest BCUT2D eigenvalue weighted by Gasteiger charge is 2.42. The molecule has 0 saturated carbocycles. The molecule has 0 radical (unpaired) electrons. The number of nitrogens with zero attached hydrogens (tertiary/aromatic N) is 1. The molecule has 1 aliphatic heterocycles. The van der Waals surface area contributed by atoms with Crippen LogP contribution in [-0.2, 0) is 4.79 Å². The van der Waals surface area contributed by atoms with Gasteiger partial charge in [0.15, 0.2) is 0 Å². The van der Waals surface area contributed by atoms with Crippen LogP contribution in [0.3, 0.4) is 0 Å². The Morgan fingerprint density at radius 1 is 1.18 bits per heavy atom. The van der Waals surface area contributed by atoms with Crippen LogP contribution in [0.4, 0.5) is 0 Å². The fourth-order valence-electron chi connectivity index (χ4n) is 2.87.